The highest BCUT2D eigenvalue weighted by Crippen LogP contribution is 2.49. The fraction of sp³-hybridized carbons (Fsp3) is 0.143. The number of hydrogen-bond acceptors (Lipinski definition) is 4. The van der Waals surface area contributed by atoms with Gasteiger partial charge in [0.1, 0.15) is 0 Å². The number of rotatable bonds is 7. The monoisotopic (exact) mass is 573 g/mol. The summed E-state index contributed by atoms with van der Waals surface area (Å²) in [4.78, 5) is 4.08. The van der Waals surface area contributed by atoms with Gasteiger partial charge >= 0.3 is 16.4 Å². The van der Waals surface area contributed by atoms with Gasteiger partial charge in [-0.3, -0.25) is 0 Å². The van der Waals surface area contributed by atoms with Gasteiger partial charge in [-0.2, -0.15) is 26.3 Å². The molecule has 0 saturated carbocycles. The molecule has 0 saturated heterocycles. The van der Waals surface area contributed by atoms with Crippen LogP contribution in [0.2, 0.25) is 0 Å². The fourth-order valence-electron chi connectivity index (χ4n) is 2.60. The Morgan fingerprint density at radius 2 is 0.722 bits per heavy atom. The maximum absolute atomic E-state index is 12.6. The number of halogens is 6. The van der Waals surface area contributed by atoms with E-state index in [2.05, 4.69) is 101 Å². The highest BCUT2D eigenvalue weighted by Gasteiger charge is 2.81. The molecule has 0 bridgehead atoms. The van der Waals surface area contributed by atoms with Crippen molar-refractivity contribution in [2.45, 2.75) is 31.1 Å². The Hall–Kier alpha value is -2.59. The van der Waals surface area contributed by atoms with Crippen molar-refractivity contribution in [2.24, 2.45) is 10.3 Å². The molecule has 15 heteroatoms. The van der Waals surface area contributed by atoms with Crippen molar-refractivity contribution in [3.8, 4) is 0 Å². The van der Waals surface area contributed by atoms with Crippen molar-refractivity contribution in [3.05, 3.63) is 91.0 Å². The third kappa shape index (κ3) is 6.03. The van der Waals surface area contributed by atoms with E-state index < -0.39 is 36.5 Å². The summed E-state index contributed by atoms with van der Waals surface area (Å²) in [6.07, 6.45) is 0. The molecule has 0 aliphatic rings. The van der Waals surface area contributed by atoms with Crippen LogP contribution in [-0.2, 0) is 30.9 Å². The summed E-state index contributed by atoms with van der Waals surface area (Å²) in [7, 11) is -13.0. The van der Waals surface area contributed by atoms with E-state index in [0.717, 1.165) is 0 Å². The highest BCUT2D eigenvalue weighted by atomic mass is 32.2. The van der Waals surface area contributed by atoms with Gasteiger partial charge in [-0.05, 0) is 36.4 Å². The van der Waals surface area contributed by atoms with Crippen molar-refractivity contribution < 1.29 is 43.2 Å². The summed E-state index contributed by atoms with van der Waals surface area (Å²) in [5.74, 6) is -6.83. The quantitative estimate of drug-likeness (QED) is 0.326. The molecule has 0 amide bonds. The van der Waals surface area contributed by atoms with E-state index >= 15 is 0 Å². The minimum Gasteiger partial charge on any atom is -0.223 e. The van der Waals surface area contributed by atoms with Crippen LogP contribution in [0.5, 0.6) is 0 Å². The summed E-state index contributed by atoms with van der Waals surface area (Å²) < 4.78 is 115. The molecule has 196 valence electrons. The first-order valence-corrected chi connectivity index (χ1v) is 13.8. The van der Waals surface area contributed by atoms with Crippen LogP contribution in [0.3, 0.4) is 0 Å². The maximum Gasteiger partial charge on any atom is 0.427 e. The average Bonchev–Trinajstić information content (AvgIpc) is 2.80. The lowest BCUT2D eigenvalue weighted by molar-refractivity contribution is -0.243. The first-order valence-electron chi connectivity index (χ1n) is 9.52. The van der Waals surface area contributed by atoms with Crippen molar-refractivity contribution >= 4 is 30.9 Å². The molecule has 0 spiro atoms. The molecule has 0 atom stereocenters. The van der Waals surface area contributed by atoms with Crippen molar-refractivity contribution in [1.82, 2.24) is 0 Å². The van der Waals surface area contributed by atoms with E-state index in [-0.39, 0.29) is 10.9 Å². The minimum absolute atomic E-state index is 0.0146. The Morgan fingerprint density at radius 1 is 0.500 bits per heavy atom. The molecule has 3 aromatic rings. The third-order valence-electron chi connectivity index (χ3n) is 4.38. The second-order valence-corrected chi connectivity index (χ2v) is 12.2. The Kier molecular flexibility index (Phi) is 8.89. The number of nitrogens with two attached hydrogens (primary N) is 2. The van der Waals surface area contributed by atoms with Gasteiger partial charge < -0.3 is 0 Å². The lowest BCUT2D eigenvalue weighted by Crippen LogP contribution is -2.63. The van der Waals surface area contributed by atoms with Crippen LogP contribution in [0.4, 0.5) is 26.3 Å². The second-order valence-electron chi connectivity index (χ2n) is 6.94. The van der Waals surface area contributed by atoms with Crippen LogP contribution in [0.1, 0.15) is 0 Å². The van der Waals surface area contributed by atoms with E-state index in [1.54, 1.807) is 0 Å². The van der Waals surface area contributed by atoms with Crippen LogP contribution in [-0.4, -0.2) is 33.3 Å². The maximum atomic E-state index is 12.6. The SMILES string of the molecule is NS(=O)(=O)C(F)(F)C(F)(F)C(F)(F)S(N)(=O)=O.c1ccc([S+](c2ccccc2)c2ccccc2)cc1. The van der Waals surface area contributed by atoms with Crippen molar-refractivity contribution in [2.75, 3.05) is 0 Å². The molecule has 0 aromatic heterocycles. The summed E-state index contributed by atoms with van der Waals surface area (Å²) in [6.45, 7) is 0. The topological polar surface area (TPSA) is 120 Å². The number of sulfonamides is 2. The molecule has 0 heterocycles. The Balaban J connectivity index is 0.000000256. The van der Waals surface area contributed by atoms with Gasteiger partial charge in [0.15, 0.2) is 14.7 Å². The predicted octanol–water partition coefficient (Wildman–Crippen LogP) is 4.17. The number of primary sulfonamides is 2. The van der Waals surface area contributed by atoms with Gasteiger partial charge in [-0.15, -0.1) is 0 Å². The van der Waals surface area contributed by atoms with Gasteiger partial charge in [0.05, 0.1) is 10.9 Å². The molecule has 3 aromatic carbocycles. The number of hydrogen-bond donors (Lipinski definition) is 2. The van der Waals surface area contributed by atoms with Gasteiger partial charge in [0.25, 0.3) is 20.0 Å². The zero-order valence-electron chi connectivity index (χ0n) is 17.9. The first kappa shape index (κ1) is 29.6. The highest BCUT2D eigenvalue weighted by molar-refractivity contribution is 7.97. The molecule has 0 radical (unpaired) electrons. The smallest absolute Gasteiger partial charge is 0.223 e. The van der Waals surface area contributed by atoms with E-state index in [0.29, 0.717) is 0 Å². The van der Waals surface area contributed by atoms with Crippen LogP contribution in [0.25, 0.3) is 0 Å². The normalized spacial score (nSPS) is 13.1. The van der Waals surface area contributed by atoms with E-state index in [1.807, 2.05) is 0 Å². The molecular weight excluding hydrogens is 554 g/mol. The van der Waals surface area contributed by atoms with Crippen LogP contribution < -0.4 is 10.3 Å². The molecule has 0 unspecified atom stereocenters. The molecule has 0 aliphatic heterocycles. The molecule has 0 aliphatic carbocycles. The molecule has 36 heavy (non-hydrogen) atoms. The Bertz CT molecular complexity index is 1220. The first-order chi connectivity index (χ1) is 16.4. The largest absolute Gasteiger partial charge is 0.427 e. The molecule has 3 rings (SSSR count). The lowest BCUT2D eigenvalue weighted by atomic mass is 10.3. The van der Waals surface area contributed by atoms with E-state index in [4.69, 9.17) is 0 Å². The molecule has 6 nitrogen and oxygen atoms in total. The zero-order valence-corrected chi connectivity index (χ0v) is 20.4. The van der Waals surface area contributed by atoms with Gasteiger partial charge in [-0.1, -0.05) is 54.6 Å². The lowest BCUT2D eigenvalue weighted by Gasteiger charge is -2.29. The van der Waals surface area contributed by atoms with Gasteiger partial charge in [0, 0.05) is 0 Å². The number of alkyl halides is 6. The Labute approximate surface area is 206 Å². The molecule has 0 fully saturated rings. The van der Waals surface area contributed by atoms with Crippen LogP contribution in [0.15, 0.2) is 106 Å². The van der Waals surface area contributed by atoms with Gasteiger partial charge in [-0.25, -0.2) is 27.1 Å². The Morgan fingerprint density at radius 3 is 0.917 bits per heavy atom. The van der Waals surface area contributed by atoms with E-state index in [9.17, 15) is 43.2 Å². The summed E-state index contributed by atoms with van der Waals surface area (Å²) in [6, 6.07) is 32.2. The van der Waals surface area contributed by atoms with Crippen LogP contribution in [0, 0.1) is 0 Å². The molecular formula is C21H19F6N2O4S3+. The standard InChI is InChI=1S/C18H15S.C3H4F6N2O4S2/c1-4-10-16(11-5-1)19(17-12-6-2-7-13-17)18-14-8-3-9-15-18;4-1(5,2(6,7)16(10,12)13)3(8,9)17(11,14)15/h1-15H;(H2,10,12,13)(H2,11,14,15)/q+1;. The summed E-state index contributed by atoms with van der Waals surface area (Å²) >= 11 is 0. The van der Waals surface area contributed by atoms with Gasteiger partial charge in [0.2, 0.25) is 0 Å². The van der Waals surface area contributed by atoms with E-state index in [1.165, 1.54) is 14.7 Å². The van der Waals surface area contributed by atoms with Crippen molar-refractivity contribution in [3.63, 3.8) is 0 Å². The third-order valence-corrected chi connectivity index (χ3v) is 8.56. The second kappa shape index (κ2) is 10.8. The fourth-order valence-corrected chi connectivity index (χ4v) is 5.74. The predicted molar refractivity (Wildman–Crippen MR) is 123 cm³/mol. The minimum atomic E-state index is -6.83. The molecule has 4 N–H and O–H groups in total. The van der Waals surface area contributed by atoms with Crippen molar-refractivity contribution in [1.29, 1.82) is 0 Å². The average molecular weight is 574 g/mol. The number of benzene rings is 3. The summed E-state index contributed by atoms with van der Waals surface area (Å²) in [5, 5.41) is -5.81. The zero-order chi connectivity index (χ0) is 27.4. The van der Waals surface area contributed by atoms with Crippen LogP contribution >= 0.6 is 0 Å². The summed E-state index contributed by atoms with van der Waals surface area (Å²) in [5.41, 5.74) is 0.